The SMILES string of the molecule is CC(=O)c1ccc2c(c1)N(CC(=O)NCC(C)O)C(=O)C(C)O2. The Morgan fingerprint density at radius 1 is 1.43 bits per heavy atom. The van der Waals surface area contributed by atoms with Crippen LogP contribution in [0.15, 0.2) is 18.2 Å². The van der Waals surface area contributed by atoms with Crippen molar-refractivity contribution in [3.63, 3.8) is 0 Å². The first-order chi connectivity index (χ1) is 10.8. The molecule has 2 rings (SSSR count). The van der Waals surface area contributed by atoms with Crippen molar-refractivity contribution < 1.29 is 24.2 Å². The normalized spacial score (nSPS) is 18.0. The van der Waals surface area contributed by atoms with E-state index in [0.717, 1.165) is 0 Å². The molecule has 124 valence electrons. The molecule has 1 aliphatic heterocycles. The smallest absolute Gasteiger partial charge is 0.268 e. The van der Waals surface area contributed by atoms with Crippen LogP contribution in [0.25, 0.3) is 0 Å². The Kier molecular flexibility index (Phi) is 5.00. The largest absolute Gasteiger partial charge is 0.479 e. The van der Waals surface area contributed by atoms with Gasteiger partial charge in [0.15, 0.2) is 11.9 Å². The molecule has 0 saturated heterocycles. The van der Waals surface area contributed by atoms with Crippen LogP contribution in [-0.4, -0.2) is 48.0 Å². The number of fused-ring (bicyclic) bond motifs is 1. The number of carbonyl (C=O) groups is 3. The van der Waals surface area contributed by atoms with Crippen molar-refractivity contribution in [2.75, 3.05) is 18.0 Å². The molecular formula is C16H20N2O5. The molecule has 1 heterocycles. The number of Topliss-reactive ketones (excluding diaryl/α,β-unsaturated/α-hetero) is 1. The zero-order chi connectivity index (χ0) is 17.1. The number of nitrogens with one attached hydrogen (secondary N) is 1. The van der Waals surface area contributed by atoms with E-state index >= 15 is 0 Å². The average molecular weight is 320 g/mol. The van der Waals surface area contributed by atoms with Crippen molar-refractivity contribution in [2.45, 2.75) is 33.0 Å². The number of aliphatic hydroxyl groups is 1. The van der Waals surface area contributed by atoms with Crippen molar-refractivity contribution in [2.24, 2.45) is 0 Å². The summed E-state index contributed by atoms with van der Waals surface area (Å²) in [7, 11) is 0. The Bertz CT molecular complexity index is 641. The van der Waals surface area contributed by atoms with E-state index in [9.17, 15) is 19.5 Å². The standard InChI is InChI=1S/C16H20N2O5/c1-9(19)7-17-15(21)8-18-13-6-12(10(2)20)4-5-14(13)23-11(3)16(18)22/h4-6,9,11,19H,7-8H2,1-3H3,(H,17,21). The summed E-state index contributed by atoms with van der Waals surface area (Å²) in [6, 6.07) is 4.79. The molecule has 0 radical (unpaired) electrons. The molecule has 0 saturated carbocycles. The van der Waals surface area contributed by atoms with Crippen LogP contribution in [-0.2, 0) is 9.59 Å². The minimum atomic E-state index is -0.713. The van der Waals surface area contributed by atoms with E-state index in [1.165, 1.54) is 11.8 Å². The molecule has 0 bridgehead atoms. The lowest BCUT2D eigenvalue weighted by molar-refractivity contribution is -0.128. The van der Waals surface area contributed by atoms with Gasteiger partial charge in [-0.05, 0) is 39.0 Å². The van der Waals surface area contributed by atoms with E-state index in [-0.39, 0.29) is 24.8 Å². The second-order valence-corrected chi connectivity index (χ2v) is 5.58. The van der Waals surface area contributed by atoms with Gasteiger partial charge in [-0.15, -0.1) is 0 Å². The molecule has 0 spiro atoms. The maximum atomic E-state index is 12.3. The zero-order valence-electron chi connectivity index (χ0n) is 13.3. The fourth-order valence-corrected chi connectivity index (χ4v) is 2.25. The van der Waals surface area contributed by atoms with E-state index in [2.05, 4.69) is 5.32 Å². The second kappa shape index (κ2) is 6.78. The van der Waals surface area contributed by atoms with E-state index in [0.29, 0.717) is 17.0 Å². The highest BCUT2D eigenvalue weighted by Gasteiger charge is 2.33. The number of hydrogen-bond acceptors (Lipinski definition) is 5. The van der Waals surface area contributed by atoms with Gasteiger partial charge in [0.05, 0.1) is 11.8 Å². The summed E-state index contributed by atoms with van der Waals surface area (Å²) in [6.45, 7) is 4.48. The summed E-state index contributed by atoms with van der Waals surface area (Å²) in [5.74, 6) is -0.444. The number of ether oxygens (including phenoxy) is 1. The second-order valence-electron chi connectivity index (χ2n) is 5.58. The summed E-state index contributed by atoms with van der Waals surface area (Å²) < 4.78 is 5.51. The minimum absolute atomic E-state index is 0.104. The van der Waals surface area contributed by atoms with Gasteiger partial charge in [-0.1, -0.05) is 0 Å². The first kappa shape index (κ1) is 17.0. The molecule has 2 amide bonds. The summed E-state index contributed by atoms with van der Waals surface area (Å²) in [6.07, 6.45) is -1.38. The van der Waals surface area contributed by atoms with Gasteiger partial charge in [-0.25, -0.2) is 0 Å². The highest BCUT2D eigenvalue weighted by atomic mass is 16.5. The molecule has 2 N–H and O–H groups in total. The van der Waals surface area contributed by atoms with E-state index in [1.54, 1.807) is 32.0 Å². The Morgan fingerprint density at radius 3 is 2.74 bits per heavy atom. The molecule has 1 aliphatic rings. The lowest BCUT2D eigenvalue weighted by Gasteiger charge is -2.32. The number of carbonyl (C=O) groups excluding carboxylic acids is 3. The van der Waals surface area contributed by atoms with Crippen molar-refractivity contribution in [3.05, 3.63) is 23.8 Å². The highest BCUT2D eigenvalue weighted by molar-refractivity contribution is 6.05. The molecule has 23 heavy (non-hydrogen) atoms. The number of rotatable bonds is 5. The Hall–Kier alpha value is -2.41. The molecule has 2 unspecified atom stereocenters. The monoisotopic (exact) mass is 320 g/mol. The van der Waals surface area contributed by atoms with Crippen LogP contribution in [0, 0.1) is 0 Å². The summed E-state index contributed by atoms with van der Waals surface area (Å²) in [4.78, 5) is 37.1. The number of hydrogen-bond donors (Lipinski definition) is 2. The molecule has 7 heteroatoms. The molecule has 1 aromatic rings. The number of anilines is 1. The quantitative estimate of drug-likeness (QED) is 0.770. The molecule has 7 nitrogen and oxygen atoms in total. The Labute approximate surface area is 134 Å². The molecule has 2 atom stereocenters. The third-order valence-corrected chi connectivity index (χ3v) is 3.47. The summed E-state index contributed by atoms with van der Waals surface area (Å²) >= 11 is 0. The van der Waals surface area contributed by atoms with Crippen LogP contribution in [0.5, 0.6) is 5.75 Å². The van der Waals surface area contributed by atoms with Crippen LogP contribution < -0.4 is 15.0 Å². The maximum Gasteiger partial charge on any atom is 0.268 e. The predicted octanol–water partition coefficient (Wildman–Crippen LogP) is 0.500. The minimum Gasteiger partial charge on any atom is -0.479 e. The van der Waals surface area contributed by atoms with E-state index < -0.39 is 18.1 Å². The van der Waals surface area contributed by atoms with E-state index in [1.807, 2.05) is 0 Å². The van der Waals surface area contributed by atoms with Gasteiger partial charge in [0.1, 0.15) is 12.3 Å². The summed E-state index contributed by atoms with van der Waals surface area (Å²) in [5.41, 5.74) is 0.831. The zero-order valence-corrected chi connectivity index (χ0v) is 13.3. The van der Waals surface area contributed by atoms with Gasteiger partial charge >= 0.3 is 0 Å². The van der Waals surface area contributed by atoms with Gasteiger partial charge in [-0.3, -0.25) is 19.3 Å². The third-order valence-electron chi connectivity index (χ3n) is 3.47. The van der Waals surface area contributed by atoms with Crippen LogP contribution in [0.4, 0.5) is 5.69 Å². The molecular weight excluding hydrogens is 300 g/mol. The van der Waals surface area contributed by atoms with E-state index in [4.69, 9.17) is 4.74 Å². The lowest BCUT2D eigenvalue weighted by atomic mass is 10.1. The number of aliphatic hydroxyl groups excluding tert-OH is 1. The predicted molar refractivity (Wildman–Crippen MR) is 83.6 cm³/mol. The average Bonchev–Trinajstić information content (AvgIpc) is 2.49. The van der Waals surface area contributed by atoms with Gasteiger partial charge in [-0.2, -0.15) is 0 Å². The first-order valence-corrected chi connectivity index (χ1v) is 7.37. The lowest BCUT2D eigenvalue weighted by Crippen LogP contribution is -2.49. The molecule has 1 aromatic carbocycles. The van der Waals surface area contributed by atoms with Gasteiger partial charge in [0.2, 0.25) is 5.91 Å². The van der Waals surface area contributed by atoms with Crippen LogP contribution in [0.1, 0.15) is 31.1 Å². The number of amides is 2. The number of ketones is 1. The third kappa shape index (κ3) is 3.87. The first-order valence-electron chi connectivity index (χ1n) is 7.37. The highest BCUT2D eigenvalue weighted by Crippen LogP contribution is 2.34. The van der Waals surface area contributed by atoms with Crippen LogP contribution in [0.2, 0.25) is 0 Å². The number of nitrogens with zero attached hydrogens (tertiary/aromatic N) is 1. The molecule has 0 fully saturated rings. The fourth-order valence-electron chi connectivity index (χ4n) is 2.25. The topological polar surface area (TPSA) is 95.9 Å². The van der Waals surface area contributed by atoms with Crippen LogP contribution in [0.3, 0.4) is 0 Å². The van der Waals surface area contributed by atoms with Gasteiger partial charge < -0.3 is 15.2 Å². The Morgan fingerprint density at radius 2 is 2.13 bits per heavy atom. The van der Waals surface area contributed by atoms with Gasteiger partial charge in [0.25, 0.3) is 5.91 Å². The van der Waals surface area contributed by atoms with Crippen molar-refractivity contribution in [1.29, 1.82) is 0 Å². The van der Waals surface area contributed by atoms with Crippen molar-refractivity contribution in [1.82, 2.24) is 5.32 Å². The Balaban J connectivity index is 2.27. The number of benzene rings is 1. The molecule has 0 aliphatic carbocycles. The van der Waals surface area contributed by atoms with Crippen molar-refractivity contribution >= 4 is 23.3 Å². The fraction of sp³-hybridized carbons (Fsp3) is 0.438. The van der Waals surface area contributed by atoms with Crippen LogP contribution >= 0.6 is 0 Å². The van der Waals surface area contributed by atoms with Crippen molar-refractivity contribution in [3.8, 4) is 5.75 Å². The maximum absolute atomic E-state index is 12.3. The van der Waals surface area contributed by atoms with Gasteiger partial charge in [0, 0.05) is 12.1 Å². The molecule has 0 aromatic heterocycles. The summed E-state index contributed by atoms with van der Waals surface area (Å²) in [5, 5.41) is 11.7.